The molecule has 1 aliphatic rings. The molecule has 4 nitrogen and oxygen atoms in total. The van der Waals surface area contributed by atoms with Crippen LogP contribution in [0, 0.1) is 0 Å². The van der Waals surface area contributed by atoms with Crippen LogP contribution in [0.25, 0.3) is 0 Å². The van der Waals surface area contributed by atoms with Crippen LogP contribution in [0.5, 0.6) is 0 Å². The topological polar surface area (TPSA) is 42.8 Å². The van der Waals surface area contributed by atoms with Gasteiger partial charge in [0.1, 0.15) is 13.1 Å². The first-order chi connectivity index (χ1) is 6.86. The van der Waals surface area contributed by atoms with Gasteiger partial charge in [-0.25, -0.2) is 5.01 Å². The van der Waals surface area contributed by atoms with Gasteiger partial charge in [-0.15, -0.1) is 11.3 Å². The molecule has 0 saturated carbocycles. The Morgan fingerprint density at radius 3 is 2.93 bits per heavy atom. The Balaban J connectivity index is 1.87. The van der Waals surface area contributed by atoms with Crippen molar-refractivity contribution in [3.63, 3.8) is 0 Å². The second-order valence-electron chi connectivity index (χ2n) is 3.15. The highest BCUT2D eigenvalue weighted by atomic mass is 32.1. The van der Waals surface area contributed by atoms with E-state index in [-0.39, 0.29) is 5.91 Å². The third-order valence-electron chi connectivity index (χ3n) is 2.13. The molecule has 0 aliphatic carbocycles. The minimum atomic E-state index is 0.0110. The van der Waals surface area contributed by atoms with Crippen LogP contribution in [0.15, 0.2) is 17.5 Å². The number of thiophene rings is 1. The Morgan fingerprint density at radius 2 is 2.29 bits per heavy atom. The van der Waals surface area contributed by atoms with Crippen LogP contribution in [0.2, 0.25) is 0 Å². The van der Waals surface area contributed by atoms with E-state index in [0.29, 0.717) is 0 Å². The standard InChI is InChI=1S/C9H12N2O2S/c12-9(8-2-1-7-14-8)10-11-3-5-13-6-4-11/h1-2,7H,3-6H2,(H,10,12)/p+1. The SMILES string of the molecule is O=C(N[NH+]1CCOCC1)c1cccs1. The predicted octanol–water partition coefficient (Wildman–Crippen LogP) is -0.692. The van der Waals surface area contributed by atoms with Gasteiger partial charge >= 0.3 is 5.91 Å². The van der Waals surface area contributed by atoms with Gasteiger partial charge in [0, 0.05) is 0 Å². The molecule has 0 unspecified atom stereocenters. The van der Waals surface area contributed by atoms with Crippen LogP contribution < -0.4 is 10.4 Å². The van der Waals surface area contributed by atoms with Crippen molar-refractivity contribution in [2.24, 2.45) is 0 Å². The number of hydrogen-bond acceptors (Lipinski definition) is 3. The van der Waals surface area contributed by atoms with Crippen molar-refractivity contribution in [3.8, 4) is 0 Å². The summed E-state index contributed by atoms with van der Waals surface area (Å²) >= 11 is 1.46. The van der Waals surface area contributed by atoms with Crippen molar-refractivity contribution >= 4 is 17.2 Å². The fourth-order valence-electron chi connectivity index (χ4n) is 1.37. The molecule has 0 spiro atoms. The largest absolute Gasteiger partial charge is 0.370 e. The van der Waals surface area contributed by atoms with Gasteiger partial charge in [-0.1, -0.05) is 6.07 Å². The molecule has 1 aromatic rings. The van der Waals surface area contributed by atoms with Crippen molar-refractivity contribution in [2.75, 3.05) is 26.3 Å². The fourth-order valence-corrected chi connectivity index (χ4v) is 1.99. The summed E-state index contributed by atoms with van der Waals surface area (Å²) in [5.74, 6) is 0.0110. The molecule has 2 rings (SSSR count). The van der Waals surface area contributed by atoms with E-state index < -0.39 is 0 Å². The molecule has 0 bridgehead atoms. The molecular formula is C9H13N2O2S+. The van der Waals surface area contributed by atoms with Crippen molar-refractivity contribution in [2.45, 2.75) is 0 Å². The summed E-state index contributed by atoms with van der Waals surface area (Å²) in [6.07, 6.45) is 0. The van der Waals surface area contributed by atoms with E-state index in [1.165, 1.54) is 11.3 Å². The molecule has 76 valence electrons. The normalized spacial score (nSPS) is 18.0. The van der Waals surface area contributed by atoms with E-state index >= 15 is 0 Å². The third kappa shape index (κ3) is 2.31. The minimum Gasteiger partial charge on any atom is -0.370 e. The minimum absolute atomic E-state index is 0.0110. The van der Waals surface area contributed by atoms with E-state index in [4.69, 9.17) is 4.74 Å². The molecule has 14 heavy (non-hydrogen) atoms. The van der Waals surface area contributed by atoms with Crippen LogP contribution >= 0.6 is 11.3 Å². The van der Waals surface area contributed by atoms with Gasteiger partial charge in [-0.3, -0.25) is 4.79 Å². The average molecular weight is 213 g/mol. The van der Waals surface area contributed by atoms with E-state index in [0.717, 1.165) is 36.2 Å². The van der Waals surface area contributed by atoms with Crippen LogP contribution in [0.3, 0.4) is 0 Å². The Labute approximate surface area is 86.4 Å². The molecule has 1 saturated heterocycles. The van der Waals surface area contributed by atoms with E-state index in [1.54, 1.807) is 0 Å². The molecule has 5 heteroatoms. The van der Waals surface area contributed by atoms with Crippen LogP contribution in [-0.4, -0.2) is 32.2 Å². The predicted molar refractivity (Wildman–Crippen MR) is 53.3 cm³/mol. The third-order valence-corrected chi connectivity index (χ3v) is 3.00. The second kappa shape index (κ2) is 4.54. The van der Waals surface area contributed by atoms with E-state index in [9.17, 15) is 4.79 Å². The van der Waals surface area contributed by atoms with Crippen LogP contribution in [0.4, 0.5) is 0 Å². The van der Waals surface area contributed by atoms with Gasteiger partial charge < -0.3 is 4.74 Å². The summed E-state index contributed by atoms with van der Waals surface area (Å²) in [5, 5.41) is 3.00. The lowest BCUT2D eigenvalue weighted by atomic mass is 10.4. The number of quaternary nitrogens is 1. The number of amides is 1. The van der Waals surface area contributed by atoms with E-state index in [2.05, 4.69) is 5.43 Å². The monoisotopic (exact) mass is 213 g/mol. The summed E-state index contributed by atoms with van der Waals surface area (Å²) in [6.45, 7) is 3.13. The molecule has 1 fully saturated rings. The Morgan fingerprint density at radius 1 is 1.50 bits per heavy atom. The summed E-state index contributed by atoms with van der Waals surface area (Å²) in [7, 11) is 0. The van der Waals surface area contributed by atoms with Crippen molar-refractivity contribution < 1.29 is 14.5 Å². The molecule has 1 aromatic heterocycles. The first-order valence-corrected chi connectivity index (χ1v) is 5.51. The molecule has 1 aliphatic heterocycles. The number of ether oxygens (including phenoxy) is 1. The molecule has 2 heterocycles. The molecule has 0 radical (unpaired) electrons. The number of rotatable bonds is 2. The zero-order valence-electron chi connectivity index (χ0n) is 7.79. The smallest absolute Gasteiger partial charge is 0.305 e. The number of morpholine rings is 1. The summed E-state index contributed by atoms with van der Waals surface area (Å²) in [6, 6.07) is 3.72. The number of hydrogen-bond donors (Lipinski definition) is 2. The molecule has 1 amide bonds. The highest BCUT2D eigenvalue weighted by Crippen LogP contribution is 2.06. The Hall–Kier alpha value is -0.910. The highest BCUT2D eigenvalue weighted by Gasteiger charge is 2.17. The summed E-state index contributed by atoms with van der Waals surface area (Å²) in [5.41, 5.74) is 2.93. The van der Waals surface area contributed by atoms with Crippen LogP contribution in [0.1, 0.15) is 9.67 Å². The van der Waals surface area contributed by atoms with Gasteiger partial charge in [0.15, 0.2) is 0 Å². The van der Waals surface area contributed by atoms with Gasteiger partial charge in [0.05, 0.1) is 18.1 Å². The zero-order chi connectivity index (χ0) is 9.80. The van der Waals surface area contributed by atoms with Gasteiger partial charge in [0.25, 0.3) is 0 Å². The van der Waals surface area contributed by atoms with Gasteiger partial charge in [0.2, 0.25) is 0 Å². The van der Waals surface area contributed by atoms with E-state index in [1.807, 2.05) is 17.5 Å². The Kier molecular flexibility index (Phi) is 3.13. The maximum atomic E-state index is 11.6. The average Bonchev–Trinajstić information content (AvgIpc) is 2.72. The summed E-state index contributed by atoms with van der Waals surface area (Å²) in [4.78, 5) is 12.4. The maximum Gasteiger partial charge on any atom is 0.305 e. The highest BCUT2D eigenvalue weighted by molar-refractivity contribution is 7.12. The lowest BCUT2D eigenvalue weighted by molar-refractivity contribution is -0.942. The molecule has 2 N–H and O–H groups in total. The number of carbonyl (C=O) groups excluding carboxylic acids is 1. The first kappa shape index (κ1) is 9.64. The fraction of sp³-hybridized carbons (Fsp3) is 0.444. The second-order valence-corrected chi connectivity index (χ2v) is 4.10. The molecule has 0 atom stereocenters. The zero-order valence-corrected chi connectivity index (χ0v) is 8.60. The maximum absolute atomic E-state index is 11.6. The molecular weight excluding hydrogens is 200 g/mol. The quantitative estimate of drug-likeness (QED) is 0.683. The van der Waals surface area contributed by atoms with Crippen molar-refractivity contribution in [3.05, 3.63) is 22.4 Å². The van der Waals surface area contributed by atoms with Crippen LogP contribution in [-0.2, 0) is 4.74 Å². The Bertz CT molecular complexity index is 294. The lowest BCUT2D eigenvalue weighted by Crippen LogP contribution is -3.20. The number of carbonyl (C=O) groups is 1. The molecule has 0 aromatic carbocycles. The van der Waals surface area contributed by atoms with Crippen molar-refractivity contribution in [1.29, 1.82) is 0 Å². The summed E-state index contributed by atoms with van der Waals surface area (Å²) < 4.78 is 5.20. The van der Waals surface area contributed by atoms with Crippen molar-refractivity contribution in [1.82, 2.24) is 5.43 Å². The van der Waals surface area contributed by atoms with Gasteiger partial charge in [-0.2, -0.15) is 5.43 Å². The van der Waals surface area contributed by atoms with Gasteiger partial charge in [-0.05, 0) is 11.4 Å². The number of nitrogens with one attached hydrogen (secondary N) is 2. The first-order valence-electron chi connectivity index (χ1n) is 4.63. The lowest BCUT2D eigenvalue weighted by Gasteiger charge is -2.22.